The van der Waals surface area contributed by atoms with Gasteiger partial charge in [-0.3, -0.25) is 0 Å². The molecule has 0 unspecified atom stereocenters. The Morgan fingerprint density at radius 3 is 1.77 bits per heavy atom. The van der Waals surface area contributed by atoms with Crippen molar-refractivity contribution in [1.29, 1.82) is 0 Å². The van der Waals surface area contributed by atoms with Gasteiger partial charge in [0.05, 0.1) is 7.11 Å². The average Bonchev–Trinajstić information content (AvgIpc) is 3.34. The van der Waals surface area contributed by atoms with Crippen LogP contribution < -0.4 is 14.9 Å². The van der Waals surface area contributed by atoms with Crippen LogP contribution in [0.2, 0.25) is 0 Å². The van der Waals surface area contributed by atoms with Crippen LogP contribution in [-0.4, -0.2) is 7.11 Å². The van der Waals surface area contributed by atoms with Crippen molar-refractivity contribution in [2.45, 2.75) is 6.92 Å². The molecule has 0 atom stereocenters. The molecule has 0 bridgehead atoms. The van der Waals surface area contributed by atoms with E-state index in [4.69, 9.17) is 4.74 Å². The van der Waals surface area contributed by atoms with Crippen LogP contribution >= 0.6 is 0 Å². The van der Waals surface area contributed by atoms with E-state index in [1.165, 1.54) is 0 Å². The minimum Gasteiger partial charge on any atom is -0.875 e. The van der Waals surface area contributed by atoms with E-state index < -0.39 is 0 Å². The molecule has 134 valence electrons. The first-order chi connectivity index (χ1) is 12.1. The second-order valence-corrected chi connectivity index (χ2v) is 5.37. The van der Waals surface area contributed by atoms with Crippen LogP contribution in [0, 0.1) is 0 Å². The maximum absolute atomic E-state index is 11.7. The van der Waals surface area contributed by atoms with Gasteiger partial charge in [-0.2, -0.15) is 0 Å². The molecule has 2 aliphatic carbocycles. The molecule has 3 rings (SSSR count). The Hall–Kier alpha value is -2.68. The van der Waals surface area contributed by atoms with Gasteiger partial charge in [0.15, 0.2) is 0 Å². The molecule has 0 aromatic heterocycles. The predicted octanol–water partition coefficient (Wildman–Crippen LogP) is 3.19. The number of methoxy groups -OCH3 is 1. The number of hydrogen-bond acceptors (Lipinski definition) is 3. The number of allylic oxidation sites excluding steroid dienone is 12. The smallest absolute Gasteiger partial charge is 0.875 e. The van der Waals surface area contributed by atoms with Crippen LogP contribution in [0.25, 0.3) is 6.08 Å². The Morgan fingerprint density at radius 1 is 0.846 bits per heavy atom. The third-order valence-corrected chi connectivity index (χ3v) is 3.56. The summed E-state index contributed by atoms with van der Waals surface area (Å²) in [7, 11) is 1.63. The molecule has 0 saturated carbocycles. The van der Waals surface area contributed by atoms with E-state index in [0.717, 1.165) is 22.5 Å². The van der Waals surface area contributed by atoms with Gasteiger partial charge >= 0.3 is 17.1 Å². The minimum atomic E-state index is 0. The Kier molecular flexibility index (Phi) is 9.07. The van der Waals surface area contributed by atoms with Crippen molar-refractivity contribution in [3.63, 3.8) is 0 Å². The zero-order chi connectivity index (χ0) is 18.1. The second-order valence-electron chi connectivity index (χ2n) is 5.37. The van der Waals surface area contributed by atoms with Gasteiger partial charge in [0.2, 0.25) is 0 Å². The number of hydrogen-bond donors (Lipinski definition) is 0. The van der Waals surface area contributed by atoms with Gasteiger partial charge in [-0.15, -0.1) is 11.5 Å². The molecule has 1 aromatic carbocycles. The van der Waals surface area contributed by atoms with Crippen LogP contribution in [0.4, 0.5) is 0 Å². The van der Waals surface area contributed by atoms with Crippen LogP contribution in [0.1, 0.15) is 12.5 Å². The normalized spacial score (nSPS) is 13.6. The first-order valence-corrected chi connectivity index (χ1v) is 7.91. The number of benzene rings is 1. The zero-order valence-electron chi connectivity index (χ0n) is 14.7. The van der Waals surface area contributed by atoms with Gasteiger partial charge < -0.3 is 14.9 Å². The third kappa shape index (κ3) is 6.67. The van der Waals surface area contributed by atoms with Crippen LogP contribution in [0.5, 0.6) is 5.75 Å². The molecule has 0 fully saturated rings. The van der Waals surface area contributed by atoms with E-state index in [1.807, 2.05) is 60.7 Å². The molecule has 26 heavy (non-hydrogen) atoms. The molecule has 0 N–H and O–H groups in total. The molecule has 3 nitrogen and oxygen atoms in total. The van der Waals surface area contributed by atoms with Gasteiger partial charge in [-0.05, 0) is 28.8 Å². The van der Waals surface area contributed by atoms with E-state index in [1.54, 1.807) is 38.3 Å². The third-order valence-electron chi connectivity index (χ3n) is 3.56. The van der Waals surface area contributed by atoms with Gasteiger partial charge in [0.1, 0.15) is 5.75 Å². The van der Waals surface area contributed by atoms with Gasteiger partial charge in [-0.1, -0.05) is 79.8 Å². The first-order valence-electron chi connectivity index (χ1n) is 7.91. The fourth-order valence-corrected chi connectivity index (χ4v) is 2.13. The summed E-state index contributed by atoms with van der Waals surface area (Å²) in [5.41, 5.74) is 2.49. The van der Waals surface area contributed by atoms with Gasteiger partial charge in [-0.25, -0.2) is 0 Å². The van der Waals surface area contributed by atoms with Crippen molar-refractivity contribution < 1.29 is 32.0 Å². The summed E-state index contributed by atoms with van der Waals surface area (Å²) >= 11 is 0. The van der Waals surface area contributed by atoms with Crippen molar-refractivity contribution in [3.05, 3.63) is 107 Å². The molecule has 0 amide bonds. The summed E-state index contributed by atoms with van der Waals surface area (Å²) in [6, 6.07) is 7.56. The molecule has 4 heteroatoms. The van der Waals surface area contributed by atoms with E-state index in [9.17, 15) is 10.2 Å². The van der Waals surface area contributed by atoms with Crippen molar-refractivity contribution in [2.24, 2.45) is 0 Å². The fourth-order valence-electron chi connectivity index (χ4n) is 2.13. The largest absolute Gasteiger partial charge is 2.00 e. The van der Waals surface area contributed by atoms with Crippen molar-refractivity contribution in [2.75, 3.05) is 7.11 Å². The summed E-state index contributed by atoms with van der Waals surface area (Å²) < 4.78 is 5.06. The second kappa shape index (κ2) is 11.0. The molecular weight excluding hydrogens is 368 g/mol. The van der Waals surface area contributed by atoms with Crippen LogP contribution in [0.3, 0.4) is 0 Å². The Bertz CT molecular complexity index is 772. The molecular formula is C22H20FeO3. The summed E-state index contributed by atoms with van der Waals surface area (Å²) in [6.07, 6.45) is 18.0. The number of rotatable bonds is 3. The average molecular weight is 388 g/mol. The monoisotopic (exact) mass is 388 g/mol. The fraction of sp³-hybridized carbons (Fsp3) is 0.0909. The van der Waals surface area contributed by atoms with E-state index >= 15 is 0 Å². The quantitative estimate of drug-likeness (QED) is 0.590. The Balaban J connectivity index is 0.000000318. The summed E-state index contributed by atoms with van der Waals surface area (Å²) in [4.78, 5) is 0. The topological polar surface area (TPSA) is 55.3 Å². The Morgan fingerprint density at radius 2 is 1.35 bits per heavy atom. The van der Waals surface area contributed by atoms with Crippen LogP contribution in [-0.2, 0) is 17.1 Å². The summed E-state index contributed by atoms with van der Waals surface area (Å²) in [6.45, 7) is 1.56. The van der Waals surface area contributed by atoms with Gasteiger partial charge in [0, 0.05) is 0 Å². The molecule has 2 aliphatic rings. The summed E-state index contributed by atoms with van der Waals surface area (Å²) in [5.74, 6) is 0.963. The maximum Gasteiger partial charge on any atom is 2.00 e. The number of ether oxygens (including phenoxy) is 1. The molecule has 0 radical (unpaired) electrons. The summed E-state index contributed by atoms with van der Waals surface area (Å²) in [5, 5.41) is 22.2. The zero-order valence-corrected chi connectivity index (χ0v) is 15.8. The molecule has 0 spiro atoms. The van der Waals surface area contributed by atoms with E-state index in [2.05, 4.69) is 0 Å². The first kappa shape index (κ1) is 21.4. The standard InChI is InChI=1S/C15H14O2.C7H8O.Fe/c1-17-14-9-6-12(7-10-14)8-11-15(16)13-4-2-3-5-13;1-6(8)7-4-2-3-5-7;/h2-11,16H,1H3;2-5,8H,1H3;/q;;+2/p-2. The van der Waals surface area contributed by atoms with E-state index in [-0.39, 0.29) is 28.6 Å². The molecule has 0 heterocycles. The SMILES string of the molecule is CC([O-])=C1C=CC=C1.COc1ccc(C=CC([O-])=C2C=CC=C2)cc1.[Fe+2]. The van der Waals surface area contributed by atoms with Crippen LogP contribution in [0.15, 0.2) is 102 Å². The van der Waals surface area contributed by atoms with E-state index in [0.29, 0.717) is 0 Å². The predicted molar refractivity (Wildman–Crippen MR) is 98.3 cm³/mol. The van der Waals surface area contributed by atoms with Crippen molar-refractivity contribution >= 4 is 6.08 Å². The molecule has 0 aliphatic heterocycles. The molecule has 0 saturated heterocycles. The van der Waals surface area contributed by atoms with Gasteiger partial charge in [0.25, 0.3) is 0 Å². The van der Waals surface area contributed by atoms with Crippen molar-refractivity contribution in [1.82, 2.24) is 0 Å². The molecule has 1 aromatic rings. The van der Waals surface area contributed by atoms with Crippen molar-refractivity contribution in [3.8, 4) is 5.75 Å². The maximum atomic E-state index is 11.7. The minimum absolute atomic E-state index is 0. The Labute approximate surface area is 165 Å².